The summed E-state index contributed by atoms with van der Waals surface area (Å²) in [6, 6.07) is 0. The van der Waals surface area contributed by atoms with Crippen LogP contribution in [0.15, 0.2) is 15.9 Å². The van der Waals surface area contributed by atoms with Gasteiger partial charge in [-0.2, -0.15) is 0 Å². The first-order chi connectivity index (χ1) is 6.33. The Balaban J connectivity index is 2.30. The van der Waals surface area contributed by atoms with E-state index < -0.39 is 0 Å². The summed E-state index contributed by atoms with van der Waals surface area (Å²) in [6.07, 6.45) is 1.05. The Hall–Kier alpha value is -1.10. The quantitative estimate of drug-likeness (QED) is 0.559. The zero-order valence-corrected chi connectivity index (χ0v) is 8.47. The molecule has 1 aromatic rings. The summed E-state index contributed by atoms with van der Waals surface area (Å²) in [5.41, 5.74) is 8.35. The molecule has 0 fully saturated rings. The van der Waals surface area contributed by atoms with Crippen LogP contribution in [0.4, 0.5) is 0 Å². The molecule has 5 heteroatoms. The summed E-state index contributed by atoms with van der Waals surface area (Å²) >= 11 is 1.57. The van der Waals surface area contributed by atoms with Crippen LogP contribution < -0.4 is 11.1 Å². The third-order valence-corrected chi connectivity index (χ3v) is 2.09. The fourth-order valence-corrected chi connectivity index (χ4v) is 1.34. The number of guanidine groups is 1. The Morgan fingerprint density at radius 1 is 1.77 bits per heavy atom. The highest BCUT2D eigenvalue weighted by Crippen LogP contribution is 2.01. The maximum Gasteiger partial charge on any atom is 0.188 e. The third-order valence-electron chi connectivity index (χ3n) is 1.45. The molecule has 0 aliphatic heterocycles. The van der Waals surface area contributed by atoms with Crippen molar-refractivity contribution in [2.75, 3.05) is 6.54 Å². The molecule has 4 nitrogen and oxygen atoms in total. The SMILES string of the molecule is CCCNC(N)=NCc1cscn1. The molecular formula is C8H14N4S. The van der Waals surface area contributed by atoms with E-state index in [1.807, 2.05) is 5.38 Å². The van der Waals surface area contributed by atoms with Crippen molar-refractivity contribution in [2.45, 2.75) is 19.9 Å². The van der Waals surface area contributed by atoms with E-state index in [4.69, 9.17) is 5.73 Å². The molecule has 0 aliphatic carbocycles. The van der Waals surface area contributed by atoms with Gasteiger partial charge in [0.15, 0.2) is 5.96 Å². The van der Waals surface area contributed by atoms with Crippen LogP contribution in [0.2, 0.25) is 0 Å². The largest absolute Gasteiger partial charge is 0.370 e. The summed E-state index contributed by atoms with van der Waals surface area (Å²) in [5, 5.41) is 4.97. The zero-order chi connectivity index (χ0) is 9.52. The van der Waals surface area contributed by atoms with Crippen molar-refractivity contribution in [3.05, 3.63) is 16.6 Å². The number of nitrogens with two attached hydrogens (primary N) is 1. The average molecular weight is 198 g/mol. The molecule has 0 unspecified atom stereocenters. The van der Waals surface area contributed by atoms with Crippen molar-refractivity contribution in [2.24, 2.45) is 10.7 Å². The molecule has 0 atom stereocenters. The highest BCUT2D eigenvalue weighted by Gasteiger charge is 1.93. The van der Waals surface area contributed by atoms with Crippen LogP contribution in [-0.4, -0.2) is 17.5 Å². The highest BCUT2D eigenvalue weighted by atomic mass is 32.1. The number of nitrogens with one attached hydrogen (secondary N) is 1. The predicted molar refractivity (Wildman–Crippen MR) is 55.7 cm³/mol. The standard InChI is InChI=1S/C8H14N4S/c1-2-3-10-8(9)11-4-7-5-13-6-12-7/h5-6H,2-4H2,1H3,(H3,9,10,11). The van der Waals surface area contributed by atoms with E-state index in [-0.39, 0.29) is 0 Å². The van der Waals surface area contributed by atoms with Crippen molar-refractivity contribution in [3.8, 4) is 0 Å². The zero-order valence-electron chi connectivity index (χ0n) is 7.66. The van der Waals surface area contributed by atoms with E-state index in [2.05, 4.69) is 22.2 Å². The Morgan fingerprint density at radius 2 is 2.62 bits per heavy atom. The van der Waals surface area contributed by atoms with Crippen molar-refractivity contribution in [1.82, 2.24) is 10.3 Å². The Morgan fingerprint density at radius 3 is 3.23 bits per heavy atom. The van der Waals surface area contributed by atoms with Crippen LogP contribution >= 0.6 is 11.3 Å². The van der Waals surface area contributed by atoms with Crippen LogP contribution in [0.3, 0.4) is 0 Å². The van der Waals surface area contributed by atoms with Gasteiger partial charge < -0.3 is 11.1 Å². The van der Waals surface area contributed by atoms with Gasteiger partial charge in [-0.25, -0.2) is 9.98 Å². The van der Waals surface area contributed by atoms with Gasteiger partial charge in [0, 0.05) is 11.9 Å². The van der Waals surface area contributed by atoms with Gasteiger partial charge in [-0.15, -0.1) is 11.3 Å². The van der Waals surface area contributed by atoms with Gasteiger partial charge in [-0.1, -0.05) is 6.92 Å². The molecule has 0 spiro atoms. The number of aliphatic imine (C=N–C) groups is 1. The first-order valence-electron chi connectivity index (χ1n) is 4.23. The van der Waals surface area contributed by atoms with E-state index in [1.54, 1.807) is 16.8 Å². The van der Waals surface area contributed by atoms with Crippen LogP contribution in [-0.2, 0) is 6.54 Å². The maximum atomic E-state index is 5.59. The first kappa shape index (κ1) is 9.98. The Labute approximate surface area is 81.9 Å². The van der Waals surface area contributed by atoms with Crippen molar-refractivity contribution < 1.29 is 0 Å². The number of rotatable bonds is 4. The molecule has 72 valence electrons. The second-order valence-electron chi connectivity index (χ2n) is 2.61. The van der Waals surface area contributed by atoms with Gasteiger partial charge in [0.25, 0.3) is 0 Å². The van der Waals surface area contributed by atoms with Crippen LogP contribution in [0.25, 0.3) is 0 Å². The topological polar surface area (TPSA) is 63.3 Å². The molecule has 0 saturated carbocycles. The minimum Gasteiger partial charge on any atom is -0.370 e. The molecule has 0 aliphatic rings. The van der Waals surface area contributed by atoms with Gasteiger partial charge in [0.05, 0.1) is 17.7 Å². The number of aromatic nitrogens is 1. The predicted octanol–water partition coefficient (Wildman–Crippen LogP) is 0.957. The summed E-state index contributed by atoms with van der Waals surface area (Å²) in [6.45, 7) is 3.51. The molecule has 1 heterocycles. The normalized spacial score (nSPS) is 11.6. The lowest BCUT2D eigenvalue weighted by atomic mass is 10.5. The fourth-order valence-electron chi connectivity index (χ4n) is 0.791. The molecule has 1 aromatic heterocycles. The Kier molecular flexibility index (Phi) is 4.25. The molecular weight excluding hydrogens is 184 g/mol. The van der Waals surface area contributed by atoms with Gasteiger partial charge in [0.1, 0.15) is 0 Å². The molecule has 0 amide bonds. The summed E-state index contributed by atoms with van der Waals surface area (Å²) in [4.78, 5) is 8.23. The summed E-state index contributed by atoms with van der Waals surface area (Å²) in [5.74, 6) is 0.495. The number of hydrogen-bond acceptors (Lipinski definition) is 3. The lowest BCUT2D eigenvalue weighted by Gasteiger charge is -2.01. The van der Waals surface area contributed by atoms with Crippen molar-refractivity contribution >= 4 is 17.3 Å². The van der Waals surface area contributed by atoms with E-state index in [1.165, 1.54) is 0 Å². The smallest absolute Gasteiger partial charge is 0.188 e. The molecule has 0 saturated heterocycles. The lowest BCUT2D eigenvalue weighted by molar-refractivity contribution is 0.824. The monoisotopic (exact) mass is 198 g/mol. The third kappa shape index (κ3) is 3.89. The van der Waals surface area contributed by atoms with Gasteiger partial charge in [-0.3, -0.25) is 0 Å². The molecule has 0 radical (unpaired) electrons. The first-order valence-corrected chi connectivity index (χ1v) is 5.18. The molecule has 3 N–H and O–H groups in total. The molecule has 13 heavy (non-hydrogen) atoms. The molecule has 0 bridgehead atoms. The van der Waals surface area contributed by atoms with Gasteiger partial charge in [-0.05, 0) is 6.42 Å². The Bertz CT molecular complexity index is 255. The number of nitrogens with zero attached hydrogens (tertiary/aromatic N) is 2. The van der Waals surface area contributed by atoms with E-state index >= 15 is 0 Å². The van der Waals surface area contributed by atoms with Crippen LogP contribution in [0, 0.1) is 0 Å². The van der Waals surface area contributed by atoms with Gasteiger partial charge in [0.2, 0.25) is 0 Å². The number of thiazole rings is 1. The lowest BCUT2D eigenvalue weighted by Crippen LogP contribution is -2.32. The summed E-state index contributed by atoms with van der Waals surface area (Å²) in [7, 11) is 0. The maximum absolute atomic E-state index is 5.59. The van der Waals surface area contributed by atoms with Crippen molar-refractivity contribution in [1.29, 1.82) is 0 Å². The van der Waals surface area contributed by atoms with Crippen LogP contribution in [0.1, 0.15) is 19.0 Å². The number of hydrogen-bond donors (Lipinski definition) is 2. The van der Waals surface area contributed by atoms with Crippen LogP contribution in [0.5, 0.6) is 0 Å². The minimum absolute atomic E-state index is 0.495. The van der Waals surface area contributed by atoms with E-state index in [0.29, 0.717) is 12.5 Å². The summed E-state index contributed by atoms with van der Waals surface area (Å²) < 4.78 is 0. The van der Waals surface area contributed by atoms with Gasteiger partial charge >= 0.3 is 0 Å². The minimum atomic E-state index is 0.495. The highest BCUT2D eigenvalue weighted by molar-refractivity contribution is 7.07. The average Bonchev–Trinajstić information content (AvgIpc) is 2.64. The molecule has 1 rings (SSSR count). The van der Waals surface area contributed by atoms with E-state index in [0.717, 1.165) is 18.7 Å². The van der Waals surface area contributed by atoms with E-state index in [9.17, 15) is 0 Å². The second kappa shape index (κ2) is 5.53. The fraction of sp³-hybridized carbons (Fsp3) is 0.500. The molecule has 0 aromatic carbocycles. The second-order valence-corrected chi connectivity index (χ2v) is 3.33. The van der Waals surface area contributed by atoms with Crippen molar-refractivity contribution in [3.63, 3.8) is 0 Å².